The SMILES string of the molecule is CC1(C)CC2C3=CCC4C5(C)CCC(OC6OC(COC7OC(CO)C(O)C(O)C7O)C(O)C(O)C6OC6OC(CO)C(O)C(O)C6O)C(C)(C)C5CCC4(C)C3(C)CC(=O)C2(COC2OC(COC3OC(CO)C(O)C(O)C3O)C(O)C(O)C2O)C(O)C1O. The van der Waals surface area contributed by atoms with Gasteiger partial charge in [0.2, 0.25) is 0 Å². The number of hydrogen-bond donors (Lipinski definition) is 19. The number of Topliss-reactive ketones (excluding diaryl/α,β-unsaturated/α-hetero) is 1. The Morgan fingerprint density at radius 2 is 0.922 bits per heavy atom. The van der Waals surface area contributed by atoms with Crippen LogP contribution in [0.25, 0.3) is 0 Å². The zero-order valence-corrected chi connectivity index (χ0v) is 51.7. The van der Waals surface area contributed by atoms with E-state index in [2.05, 4.69) is 26.8 Å². The van der Waals surface area contributed by atoms with Crippen molar-refractivity contribution < 1.29 is 149 Å². The quantitative estimate of drug-likeness (QED) is 0.0505. The predicted molar refractivity (Wildman–Crippen MR) is 298 cm³/mol. The first-order chi connectivity index (χ1) is 42.1. The third-order valence-corrected chi connectivity index (χ3v) is 23.6. The number of fused-ring (bicyclic) bond motifs is 7. The summed E-state index contributed by atoms with van der Waals surface area (Å²) in [6, 6.07) is 0. The van der Waals surface area contributed by atoms with Gasteiger partial charge in [-0.25, -0.2) is 0 Å². The molecular formula is C60H98O30. The van der Waals surface area contributed by atoms with E-state index >= 15 is 4.79 Å². The largest absolute Gasteiger partial charge is 0.394 e. The summed E-state index contributed by atoms with van der Waals surface area (Å²) in [5.41, 5.74) is -4.48. The highest BCUT2D eigenvalue weighted by molar-refractivity contribution is 5.90. The Bertz CT molecular complexity index is 2510. The smallest absolute Gasteiger partial charge is 0.187 e. The van der Waals surface area contributed by atoms with Gasteiger partial charge in [0, 0.05) is 11.8 Å². The van der Waals surface area contributed by atoms with Crippen molar-refractivity contribution in [3.8, 4) is 0 Å². The minimum atomic E-state index is -1.93. The fourth-order valence-corrected chi connectivity index (χ4v) is 17.8. The summed E-state index contributed by atoms with van der Waals surface area (Å²) in [6.07, 6.45) is -41.7. The van der Waals surface area contributed by atoms with Crippen LogP contribution in [0.5, 0.6) is 0 Å². The molecule has 35 atom stereocenters. The van der Waals surface area contributed by atoms with Crippen molar-refractivity contribution in [2.45, 2.75) is 265 Å². The summed E-state index contributed by atoms with van der Waals surface area (Å²) >= 11 is 0. The van der Waals surface area contributed by atoms with Crippen LogP contribution in [0, 0.1) is 50.2 Å². The molecular weight excluding hydrogens is 1200 g/mol. The van der Waals surface area contributed by atoms with E-state index < -0.39 is 256 Å². The van der Waals surface area contributed by atoms with Gasteiger partial charge >= 0.3 is 0 Å². The van der Waals surface area contributed by atoms with Crippen LogP contribution < -0.4 is 0 Å². The maximum absolute atomic E-state index is 15.7. The summed E-state index contributed by atoms with van der Waals surface area (Å²) in [7, 11) is 0. The number of carbonyl (C=O) groups is 1. The Morgan fingerprint density at radius 3 is 1.43 bits per heavy atom. The van der Waals surface area contributed by atoms with Gasteiger partial charge < -0.3 is 144 Å². The van der Waals surface area contributed by atoms with Crippen LogP contribution in [0.2, 0.25) is 0 Å². The number of rotatable bonds is 16. The lowest BCUT2D eigenvalue weighted by Crippen LogP contribution is -2.71. The molecule has 19 N–H and O–H groups in total. The molecule has 0 aromatic rings. The van der Waals surface area contributed by atoms with E-state index in [9.17, 15) is 97.0 Å². The lowest BCUT2D eigenvalue weighted by Gasteiger charge is -2.71. The topological polar surface area (TPSA) is 494 Å². The molecule has 4 saturated carbocycles. The number of ether oxygens (including phenoxy) is 10. The van der Waals surface area contributed by atoms with Crippen LogP contribution in [-0.4, -0.2) is 314 Å². The molecule has 90 heavy (non-hydrogen) atoms. The first kappa shape index (κ1) is 71.0. The van der Waals surface area contributed by atoms with Crippen molar-refractivity contribution in [1.29, 1.82) is 0 Å². The van der Waals surface area contributed by atoms with Gasteiger partial charge in [0.1, 0.15) is 128 Å². The predicted octanol–water partition coefficient (Wildman–Crippen LogP) is -6.62. The molecule has 0 aromatic carbocycles. The van der Waals surface area contributed by atoms with Gasteiger partial charge in [0.05, 0.1) is 63.4 Å². The van der Waals surface area contributed by atoms with Crippen molar-refractivity contribution in [1.82, 2.24) is 0 Å². The molecule has 9 fully saturated rings. The molecule has 35 unspecified atom stereocenters. The summed E-state index contributed by atoms with van der Waals surface area (Å²) in [5, 5.41) is 206. The highest BCUT2D eigenvalue weighted by atomic mass is 16.8. The molecule has 0 spiro atoms. The fraction of sp³-hybridized carbons (Fsp3) is 0.950. The Kier molecular flexibility index (Phi) is 20.7. The van der Waals surface area contributed by atoms with Gasteiger partial charge in [-0.1, -0.05) is 60.1 Å². The molecule has 5 aliphatic carbocycles. The lowest BCUT2D eigenvalue weighted by atomic mass is 9.33. The van der Waals surface area contributed by atoms with Crippen LogP contribution in [0.3, 0.4) is 0 Å². The number of aliphatic hydroxyl groups excluding tert-OH is 19. The summed E-state index contributed by atoms with van der Waals surface area (Å²) in [5.74, 6) is -1.33. The van der Waals surface area contributed by atoms with E-state index in [1.165, 1.54) is 0 Å². The van der Waals surface area contributed by atoms with Gasteiger partial charge in [0.15, 0.2) is 31.5 Å². The van der Waals surface area contributed by atoms with Crippen molar-refractivity contribution in [2.75, 3.05) is 39.6 Å². The molecule has 5 aliphatic heterocycles. The minimum absolute atomic E-state index is 0.0728. The Balaban J connectivity index is 0.893. The average molecular weight is 1300 g/mol. The summed E-state index contributed by atoms with van der Waals surface area (Å²) < 4.78 is 59.7. The number of carbonyl (C=O) groups excluding carboxylic acids is 1. The van der Waals surface area contributed by atoms with Gasteiger partial charge in [-0.2, -0.15) is 0 Å². The number of allylic oxidation sites excluding steroid dienone is 2. The molecule has 518 valence electrons. The Hall–Kier alpha value is -1.75. The van der Waals surface area contributed by atoms with Gasteiger partial charge in [-0.3, -0.25) is 4.79 Å². The average Bonchev–Trinajstić information content (AvgIpc) is 0.672. The summed E-state index contributed by atoms with van der Waals surface area (Å²) in [6.45, 7) is 10.1. The summed E-state index contributed by atoms with van der Waals surface area (Å²) in [4.78, 5) is 15.7. The highest BCUT2D eigenvalue weighted by Gasteiger charge is 2.73. The van der Waals surface area contributed by atoms with Crippen molar-refractivity contribution in [2.24, 2.45) is 50.2 Å². The third kappa shape index (κ3) is 11.6. The first-order valence-electron chi connectivity index (χ1n) is 31.5. The van der Waals surface area contributed by atoms with E-state index in [0.29, 0.717) is 32.1 Å². The Morgan fingerprint density at radius 1 is 0.478 bits per heavy atom. The molecule has 5 heterocycles. The normalized spacial score (nSPS) is 54.4. The maximum Gasteiger partial charge on any atom is 0.187 e. The minimum Gasteiger partial charge on any atom is -0.394 e. The van der Waals surface area contributed by atoms with Crippen LogP contribution >= 0.6 is 0 Å². The van der Waals surface area contributed by atoms with Crippen LogP contribution in [-0.2, 0) is 52.2 Å². The number of ketones is 1. The van der Waals surface area contributed by atoms with E-state index in [1.54, 1.807) is 13.8 Å². The van der Waals surface area contributed by atoms with Gasteiger partial charge in [-0.15, -0.1) is 0 Å². The molecule has 10 aliphatic rings. The molecule has 30 nitrogen and oxygen atoms in total. The second kappa shape index (κ2) is 26.2. The van der Waals surface area contributed by atoms with Crippen molar-refractivity contribution in [3.05, 3.63) is 11.6 Å². The van der Waals surface area contributed by atoms with Gasteiger partial charge in [0.25, 0.3) is 0 Å². The second-order valence-corrected chi connectivity index (χ2v) is 29.3. The standard InChI is InChI=1S/C60H98O30/c1-55(2)14-23-22-8-9-30-57(5)12-11-32(89-54-47(90-53-46(78)40(72)35(67)26(18-63)86-53)42(74)37(69)28(88-54)20-82-51-44(76)39(71)34(66)25(17-62)85-51)56(3,4)29(57)10-13-58(30,6)59(22,7)15-31(64)60(23,49(80)48(55)79)21-83-52-45(77)41(73)36(68)27(87-52)19-81-50-43(75)38(70)33(65)24(16-61)84-50/h8,23-30,32-54,61-63,65-80H,9-21H2,1-7H3. The highest BCUT2D eigenvalue weighted by Crippen LogP contribution is 2.75. The molecule has 0 radical (unpaired) electrons. The zero-order valence-electron chi connectivity index (χ0n) is 51.7. The zero-order chi connectivity index (χ0) is 66.0. The molecule has 0 amide bonds. The van der Waals surface area contributed by atoms with Crippen molar-refractivity contribution >= 4 is 5.78 Å². The third-order valence-electron chi connectivity index (χ3n) is 23.6. The van der Waals surface area contributed by atoms with E-state index in [4.69, 9.17) is 47.4 Å². The number of aliphatic hydroxyl groups is 19. The fourth-order valence-electron chi connectivity index (χ4n) is 17.8. The number of hydrogen-bond acceptors (Lipinski definition) is 30. The Labute approximate surface area is 520 Å². The van der Waals surface area contributed by atoms with E-state index in [-0.39, 0.29) is 24.7 Å². The maximum atomic E-state index is 15.7. The lowest BCUT2D eigenvalue weighted by molar-refractivity contribution is -0.382. The van der Waals surface area contributed by atoms with Crippen molar-refractivity contribution in [3.63, 3.8) is 0 Å². The molecule has 0 bridgehead atoms. The molecule has 30 heteroatoms. The van der Waals surface area contributed by atoms with E-state index in [0.717, 1.165) is 5.57 Å². The van der Waals surface area contributed by atoms with Crippen LogP contribution in [0.15, 0.2) is 11.6 Å². The molecule has 5 saturated heterocycles. The molecule has 10 rings (SSSR count). The van der Waals surface area contributed by atoms with Crippen LogP contribution in [0.4, 0.5) is 0 Å². The van der Waals surface area contributed by atoms with Crippen LogP contribution in [0.1, 0.15) is 93.4 Å². The van der Waals surface area contributed by atoms with Gasteiger partial charge in [-0.05, 0) is 77.9 Å². The molecule has 0 aromatic heterocycles. The second-order valence-electron chi connectivity index (χ2n) is 29.3. The van der Waals surface area contributed by atoms with E-state index in [1.807, 2.05) is 13.8 Å². The first-order valence-corrected chi connectivity index (χ1v) is 31.5. The monoisotopic (exact) mass is 1300 g/mol.